The standard InChI is InChI=1S/C17H13N9O4/c1-30-16(27)10-7(3-2-4-9(10)26(28)29)13-11-12(20)8(5-18)14(21)24-15(11)25-17(23-13)22-6-19/h2-4,13H,1H3,(H6,20,21,22,23,24,25). The smallest absolute Gasteiger partial charge is 0.345 e. The topological polar surface area (TPSA) is 218 Å². The summed E-state index contributed by atoms with van der Waals surface area (Å²) in [4.78, 5) is 31.6. The van der Waals surface area contributed by atoms with Crippen LogP contribution >= 0.6 is 0 Å². The molecular weight excluding hydrogens is 394 g/mol. The van der Waals surface area contributed by atoms with Crippen LogP contribution in [0, 0.1) is 32.9 Å². The van der Waals surface area contributed by atoms with E-state index in [1.807, 2.05) is 6.07 Å². The number of fused-ring (bicyclic) bond motifs is 1. The number of nitrogens with zero attached hydrogens (tertiary/aromatic N) is 5. The van der Waals surface area contributed by atoms with Crippen LogP contribution in [-0.2, 0) is 4.74 Å². The predicted molar refractivity (Wildman–Crippen MR) is 104 cm³/mol. The minimum atomic E-state index is -1.13. The van der Waals surface area contributed by atoms with Gasteiger partial charge in [-0.05, 0) is 0 Å². The molecule has 0 fully saturated rings. The second kappa shape index (κ2) is 7.61. The molecule has 1 aromatic carbocycles. The third-order valence-electron chi connectivity index (χ3n) is 4.31. The fourth-order valence-corrected chi connectivity index (χ4v) is 3.07. The van der Waals surface area contributed by atoms with Crippen LogP contribution in [0.1, 0.15) is 33.1 Å². The molecule has 1 aliphatic rings. The Bertz CT molecular complexity index is 1190. The Morgan fingerprint density at radius 1 is 1.40 bits per heavy atom. The highest BCUT2D eigenvalue weighted by atomic mass is 16.6. The van der Waals surface area contributed by atoms with Gasteiger partial charge in [-0.1, -0.05) is 12.1 Å². The normalized spacial score (nSPS) is 14.2. The lowest BCUT2D eigenvalue weighted by atomic mass is 9.91. The van der Waals surface area contributed by atoms with Gasteiger partial charge in [-0.3, -0.25) is 15.4 Å². The zero-order valence-corrected chi connectivity index (χ0v) is 15.3. The minimum Gasteiger partial charge on any atom is -0.465 e. The summed E-state index contributed by atoms with van der Waals surface area (Å²) in [6.07, 6.45) is 1.68. The Labute approximate surface area is 168 Å². The van der Waals surface area contributed by atoms with E-state index in [0.717, 1.165) is 13.2 Å². The molecule has 3 rings (SSSR count). The summed E-state index contributed by atoms with van der Waals surface area (Å²) in [7, 11) is 1.08. The number of nitro groups is 1. The largest absolute Gasteiger partial charge is 0.465 e. The van der Waals surface area contributed by atoms with Crippen molar-refractivity contribution in [3.63, 3.8) is 0 Å². The second-order valence-corrected chi connectivity index (χ2v) is 5.89. The lowest BCUT2D eigenvalue weighted by Crippen LogP contribution is -2.33. The van der Waals surface area contributed by atoms with E-state index in [1.165, 1.54) is 12.1 Å². The van der Waals surface area contributed by atoms with E-state index < -0.39 is 22.6 Å². The number of esters is 1. The van der Waals surface area contributed by atoms with Crippen molar-refractivity contribution in [2.45, 2.75) is 6.04 Å². The van der Waals surface area contributed by atoms with Crippen LogP contribution in [-0.4, -0.2) is 28.9 Å². The maximum Gasteiger partial charge on any atom is 0.345 e. The van der Waals surface area contributed by atoms with Gasteiger partial charge in [0.05, 0.1) is 17.7 Å². The number of hydrogen-bond donors (Lipinski definition) is 4. The highest BCUT2D eigenvalue weighted by Gasteiger charge is 2.35. The van der Waals surface area contributed by atoms with Crippen molar-refractivity contribution in [3.8, 4) is 12.3 Å². The maximum absolute atomic E-state index is 12.4. The van der Waals surface area contributed by atoms with Crippen LogP contribution in [0.15, 0.2) is 23.2 Å². The summed E-state index contributed by atoms with van der Waals surface area (Å²) >= 11 is 0. The van der Waals surface area contributed by atoms with Crippen molar-refractivity contribution in [2.24, 2.45) is 4.99 Å². The number of anilines is 3. The number of hydrogen-bond acceptors (Lipinski definition) is 12. The Morgan fingerprint density at radius 2 is 2.13 bits per heavy atom. The van der Waals surface area contributed by atoms with Crippen molar-refractivity contribution in [2.75, 3.05) is 23.9 Å². The Morgan fingerprint density at radius 3 is 2.73 bits per heavy atom. The zero-order chi connectivity index (χ0) is 22.0. The lowest BCUT2D eigenvalue weighted by molar-refractivity contribution is -0.385. The number of nitrogen functional groups attached to an aromatic ring is 2. The second-order valence-electron chi connectivity index (χ2n) is 5.89. The first kappa shape index (κ1) is 19.8. The average Bonchev–Trinajstić information content (AvgIpc) is 2.72. The highest BCUT2D eigenvalue weighted by molar-refractivity contribution is 6.00. The summed E-state index contributed by atoms with van der Waals surface area (Å²) in [6, 6.07) is 4.64. The molecule has 13 nitrogen and oxygen atoms in total. The van der Waals surface area contributed by atoms with Gasteiger partial charge in [-0.15, -0.1) is 0 Å². The number of nitrogens with one attached hydrogen (secondary N) is 2. The van der Waals surface area contributed by atoms with Crippen LogP contribution in [0.3, 0.4) is 0 Å². The number of nitriles is 2. The van der Waals surface area contributed by atoms with E-state index in [9.17, 15) is 20.2 Å². The van der Waals surface area contributed by atoms with Gasteiger partial charge in [-0.2, -0.15) is 10.5 Å². The number of ether oxygens (including phenoxy) is 1. The number of aromatic nitrogens is 1. The number of nitrogens with two attached hydrogens (primary N) is 2. The first-order valence-corrected chi connectivity index (χ1v) is 8.18. The monoisotopic (exact) mass is 407 g/mol. The average molecular weight is 407 g/mol. The lowest BCUT2D eigenvalue weighted by Gasteiger charge is -2.27. The molecule has 0 amide bonds. The highest BCUT2D eigenvalue weighted by Crippen LogP contribution is 2.42. The number of guanidine groups is 1. The van der Waals surface area contributed by atoms with E-state index in [0.29, 0.717) is 0 Å². The number of methoxy groups -OCH3 is 1. The zero-order valence-electron chi connectivity index (χ0n) is 15.3. The molecule has 2 heterocycles. The molecule has 0 bridgehead atoms. The van der Waals surface area contributed by atoms with Gasteiger partial charge in [0.1, 0.15) is 34.9 Å². The molecular formula is C17H13N9O4. The van der Waals surface area contributed by atoms with E-state index in [1.54, 1.807) is 6.19 Å². The summed E-state index contributed by atoms with van der Waals surface area (Å²) < 4.78 is 4.72. The van der Waals surface area contributed by atoms with E-state index in [4.69, 9.17) is 21.5 Å². The van der Waals surface area contributed by atoms with Gasteiger partial charge < -0.3 is 21.5 Å². The SMILES string of the molecule is COC(=O)c1c(C2N=C(NC#N)Nc3nc(N)c(C#N)c(N)c32)cccc1[N+](=O)[O-]. The fraction of sp³-hybridized carbons (Fsp3) is 0.118. The quantitative estimate of drug-likeness (QED) is 0.183. The minimum absolute atomic E-state index is 0.0617. The van der Waals surface area contributed by atoms with Crippen LogP contribution in [0.4, 0.5) is 23.0 Å². The van der Waals surface area contributed by atoms with Gasteiger partial charge in [0.15, 0.2) is 6.19 Å². The molecule has 1 atom stereocenters. The van der Waals surface area contributed by atoms with Crippen LogP contribution in [0.2, 0.25) is 0 Å². The number of benzene rings is 1. The molecule has 1 aromatic heterocycles. The van der Waals surface area contributed by atoms with E-state index >= 15 is 0 Å². The number of pyridine rings is 1. The molecule has 0 saturated carbocycles. The molecule has 1 unspecified atom stereocenters. The Kier molecular flexibility index (Phi) is 5.03. The molecule has 6 N–H and O–H groups in total. The Balaban J connectivity index is 2.38. The predicted octanol–water partition coefficient (Wildman–Crippen LogP) is 0.754. The molecule has 2 aromatic rings. The van der Waals surface area contributed by atoms with Crippen LogP contribution in [0.5, 0.6) is 0 Å². The molecule has 30 heavy (non-hydrogen) atoms. The van der Waals surface area contributed by atoms with Crippen molar-refractivity contribution in [1.82, 2.24) is 10.3 Å². The summed E-state index contributed by atoms with van der Waals surface area (Å²) in [5.74, 6) is -1.12. The third kappa shape index (κ3) is 3.12. The third-order valence-corrected chi connectivity index (χ3v) is 4.31. The number of rotatable bonds is 3. The molecule has 13 heteroatoms. The first-order chi connectivity index (χ1) is 14.3. The first-order valence-electron chi connectivity index (χ1n) is 8.18. The van der Waals surface area contributed by atoms with Crippen molar-refractivity contribution in [1.29, 1.82) is 10.5 Å². The molecule has 1 aliphatic heterocycles. The summed E-state index contributed by atoms with van der Waals surface area (Å²) in [5.41, 5.74) is 11.1. The van der Waals surface area contributed by atoms with Crippen molar-refractivity contribution < 1.29 is 14.5 Å². The Hall–Kier alpha value is -4.91. The maximum atomic E-state index is 12.4. The summed E-state index contributed by atoms with van der Waals surface area (Å²) in [5, 5.41) is 34.8. The van der Waals surface area contributed by atoms with Crippen molar-refractivity contribution in [3.05, 3.63) is 50.6 Å². The van der Waals surface area contributed by atoms with E-state index in [2.05, 4.69) is 20.6 Å². The summed E-state index contributed by atoms with van der Waals surface area (Å²) in [6.45, 7) is 0. The van der Waals surface area contributed by atoms with Gasteiger partial charge in [0, 0.05) is 17.2 Å². The van der Waals surface area contributed by atoms with E-state index in [-0.39, 0.29) is 45.5 Å². The van der Waals surface area contributed by atoms with Gasteiger partial charge in [0.25, 0.3) is 5.69 Å². The van der Waals surface area contributed by atoms with Crippen molar-refractivity contribution >= 4 is 34.9 Å². The van der Waals surface area contributed by atoms with Gasteiger partial charge in [-0.25, -0.2) is 14.8 Å². The fourth-order valence-electron chi connectivity index (χ4n) is 3.07. The number of aliphatic imine (C=N–C) groups is 1. The molecule has 0 spiro atoms. The number of nitro benzene ring substituents is 1. The molecule has 0 radical (unpaired) electrons. The molecule has 150 valence electrons. The number of carbonyl (C=O) groups is 1. The van der Waals surface area contributed by atoms with Gasteiger partial charge in [0.2, 0.25) is 5.96 Å². The number of carbonyl (C=O) groups excluding carboxylic acids is 1. The van der Waals surface area contributed by atoms with Crippen LogP contribution < -0.4 is 22.1 Å². The van der Waals surface area contributed by atoms with Gasteiger partial charge >= 0.3 is 5.97 Å². The van der Waals surface area contributed by atoms with Crippen LogP contribution in [0.25, 0.3) is 0 Å². The molecule has 0 aliphatic carbocycles. The molecule has 0 saturated heterocycles.